The Kier molecular flexibility index (Phi) is 6.66. The summed E-state index contributed by atoms with van der Waals surface area (Å²) in [5, 5.41) is 3.09. The number of urea groups is 1. The van der Waals surface area contributed by atoms with Gasteiger partial charge in [0.25, 0.3) is 0 Å². The molecule has 0 saturated carbocycles. The molecule has 1 fully saturated rings. The van der Waals surface area contributed by atoms with Crippen molar-refractivity contribution in [3.05, 3.63) is 41.9 Å². The van der Waals surface area contributed by atoms with E-state index in [0.717, 1.165) is 4.90 Å². The number of aromatic nitrogens is 3. The Morgan fingerprint density at radius 3 is 2.65 bits per heavy atom. The highest BCUT2D eigenvalue weighted by Crippen LogP contribution is 2.38. The molecule has 1 aliphatic heterocycles. The number of rotatable bonds is 8. The van der Waals surface area contributed by atoms with Crippen LogP contribution in [-0.4, -0.2) is 51.7 Å². The van der Waals surface area contributed by atoms with Crippen LogP contribution in [-0.2, 0) is 17.4 Å². The van der Waals surface area contributed by atoms with E-state index in [2.05, 4.69) is 15.1 Å². The molecule has 1 aliphatic rings. The summed E-state index contributed by atoms with van der Waals surface area (Å²) >= 11 is 0. The predicted octanol–water partition coefficient (Wildman–Crippen LogP) is 4.22. The molecule has 0 N–H and O–H groups in total. The van der Waals surface area contributed by atoms with Crippen LogP contribution in [0.1, 0.15) is 37.4 Å². The van der Waals surface area contributed by atoms with E-state index in [-0.39, 0.29) is 48.9 Å². The fourth-order valence-corrected chi connectivity index (χ4v) is 3.80. The number of hydrogen-bond donors (Lipinski definition) is 0. The lowest BCUT2D eigenvalue weighted by molar-refractivity contribution is -0.141. The minimum absolute atomic E-state index is 0.0477. The number of carbonyl (C=O) groups is 2. The number of aryl methyl sites for hydroxylation is 1. The first-order valence-corrected chi connectivity index (χ1v) is 10.8. The maximum Gasteiger partial charge on any atom is 0.437 e. The average Bonchev–Trinajstić information content (AvgIpc) is 3.25. The number of nitrogens with zero attached hydrogens (tertiary/aromatic N) is 5. The third kappa shape index (κ3) is 4.66. The lowest BCUT2D eigenvalue weighted by atomic mass is 10.0. The number of carbonyl (C=O) groups excluding carboxylic acids is 2. The minimum Gasteiger partial charge on any atom is -0.493 e. The Morgan fingerprint density at radius 2 is 1.94 bits per heavy atom. The molecule has 0 radical (unpaired) electrons. The monoisotopic (exact) mass is 477 g/mol. The highest BCUT2D eigenvalue weighted by molar-refractivity contribution is 6.04. The number of ether oxygens (including phenoxy) is 1. The minimum atomic E-state index is -4.62. The normalized spacial score (nSPS) is 14.8. The van der Waals surface area contributed by atoms with Gasteiger partial charge in [0.15, 0.2) is 11.3 Å². The summed E-state index contributed by atoms with van der Waals surface area (Å²) in [7, 11) is 0. The van der Waals surface area contributed by atoms with Crippen molar-refractivity contribution in [3.8, 4) is 5.75 Å². The van der Waals surface area contributed by atoms with Gasteiger partial charge in [0, 0.05) is 37.5 Å². The van der Waals surface area contributed by atoms with E-state index in [9.17, 15) is 22.8 Å². The molecule has 0 aliphatic carbocycles. The topological polar surface area (TPSA) is 102 Å². The van der Waals surface area contributed by atoms with Crippen molar-refractivity contribution in [1.29, 1.82) is 0 Å². The second-order valence-corrected chi connectivity index (χ2v) is 7.68. The summed E-state index contributed by atoms with van der Waals surface area (Å²) in [6.07, 6.45) is -0.0183. The van der Waals surface area contributed by atoms with Crippen LogP contribution in [0.2, 0.25) is 0 Å². The fourth-order valence-electron chi connectivity index (χ4n) is 3.80. The predicted molar refractivity (Wildman–Crippen MR) is 114 cm³/mol. The lowest BCUT2D eigenvalue weighted by Crippen LogP contribution is -2.53. The Balaban J connectivity index is 1.43. The van der Waals surface area contributed by atoms with Crippen molar-refractivity contribution in [2.45, 2.75) is 38.8 Å². The maximum absolute atomic E-state index is 13.2. The smallest absolute Gasteiger partial charge is 0.437 e. The van der Waals surface area contributed by atoms with Gasteiger partial charge in [0.2, 0.25) is 11.9 Å². The van der Waals surface area contributed by atoms with Gasteiger partial charge in [0.05, 0.1) is 12.0 Å². The molecule has 0 atom stereocenters. The van der Waals surface area contributed by atoms with Crippen LogP contribution < -0.4 is 9.64 Å². The standard InChI is InChI=1S/C22H22F3N5O4/c1-2-5-14-16(7-6-15-18(14)34-28-19(15)22(23,24)25)33-13-4-11-29-17(31)8-12-30(21(29)32)20-26-9-3-10-27-20/h3,6-7,9-10H,2,4-5,8,11-13H2,1H3. The van der Waals surface area contributed by atoms with Gasteiger partial charge < -0.3 is 9.26 Å². The average molecular weight is 477 g/mol. The Morgan fingerprint density at radius 1 is 1.18 bits per heavy atom. The summed E-state index contributed by atoms with van der Waals surface area (Å²) in [5.74, 6) is 0.311. The molecule has 2 aromatic heterocycles. The van der Waals surface area contributed by atoms with Gasteiger partial charge in [-0.15, -0.1) is 0 Å². The molecule has 0 unspecified atom stereocenters. The van der Waals surface area contributed by atoms with Crippen molar-refractivity contribution < 1.29 is 32.0 Å². The van der Waals surface area contributed by atoms with Crippen LogP contribution >= 0.6 is 0 Å². The van der Waals surface area contributed by atoms with Crippen molar-refractivity contribution in [1.82, 2.24) is 20.0 Å². The van der Waals surface area contributed by atoms with Crippen LogP contribution in [0, 0.1) is 0 Å². The number of halogens is 3. The summed E-state index contributed by atoms with van der Waals surface area (Å²) < 4.78 is 50.3. The SMILES string of the molecule is CCCc1c(OCCCN2C(=O)CCN(c3ncccn3)C2=O)ccc2c(C(F)(F)F)noc12. The van der Waals surface area contributed by atoms with Gasteiger partial charge in [-0.1, -0.05) is 18.5 Å². The van der Waals surface area contributed by atoms with E-state index in [4.69, 9.17) is 9.26 Å². The quantitative estimate of drug-likeness (QED) is 0.448. The molecule has 12 heteroatoms. The number of hydrogen-bond acceptors (Lipinski definition) is 7. The highest BCUT2D eigenvalue weighted by atomic mass is 19.4. The van der Waals surface area contributed by atoms with Gasteiger partial charge >= 0.3 is 12.2 Å². The third-order valence-corrected chi connectivity index (χ3v) is 5.36. The number of imide groups is 1. The van der Waals surface area contributed by atoms with Crippen molar-refractivity contribution in [2.24, 2.45) is 0 Å². The van der Waals surface area contributed by atoms with Crippen LogP contribution in [0.5, 0.6) is 5.75 Å². The molecule has 4 rings (SSSR count). The number of fused-ring (bicyclic) bond motifs is 1. The molecule has 1 aromatic carbocycles. The largest absolute Gasteiger partial charge is 0.493 e. The zero-order chi connectivity index (χ0) is 24.3. The van der Waals surface area contributed by atoms with E-state index < -0.39 is 17.9 Å². The first-order valence-electron chi connectivity index (χ1n) is 10.8. The molecule has 1 saturated heterocycles. The number of benzene rings is 1. The Labute approximate surface area is 192 Å². The van der Waals surface area contributed by atoms with E-state index in [0.29, 0.717) is 30.6 Å². The molecule has 9 nitrogen and oxygen atoms in total. The number of alkyl halides is 3. The zero-order valence-corrected chi connectivity index (χ0v) is 18.3. The molecule has 180 valence electrons. The Hall–Kier alpha value is -3.70. The Bertz CT molecular complexity index is 1180. The molecule has 0 spiro atoms. The zero-order valence-electron chi connectivity index (χ0n) is 18.3. The van der Waals surface area contributed by atoms with Gasteiger partial charge in [-0.2, -0.15) is 13.2 Å². The van der Waals surface area contributed by atoms with Crippen molar-refractivity contribution in [2.75, 3.05) is 24.6 Å². The van der Waals surface area contributed by atoms with Crippen LogP contribution in [0.15, 0.2) is 35.1 Å². The fraction of sp³-hybridized carbons (Fsp3) is 0.409. The molecule has 3 amide bonds. The van der Waals surface area contributed by atoms with Crippen molar-refractivity contribution in [3.63, 3.8) is 0 Å². The molecule has 0 bridgehead atoms. The summed E-state index contributed by atoms with van der Waals surface area (Å²) in [5.41, 5.74) is -0.521. The van der Waals surface area contributed by atoms with Crippen LogP contribution in [0.25, 0.3) is 11.0 Å². The lowest BCUT2D eigenvalue weighted by Gasteiger charge is -2.32. The number of anilines is 1. The molecular weight excluding hydrogens is 455 g/mol. The second kappa shape index (κ2) is 9.65. The summed E-state index contributed by atoms with van der Waals surface area (Å²) in [4.78, 5) is 35.7. The molecule has 3 heterocycles. The van der Waals surface area contributed by atoms with Crippen molar-refractivity contribution >= 4 is 28.9 Å². The van der Waals surface area contributed by atoms with E-state index in [1.54, 1.807) is 6.07 Å². The van der Waals surface area contributed by atoms with E-state index >= 15 is 0 Å². The first kappa shape index (κ1) is 23.5. The van der Waals surface area contributed by atoms with Gasteiger partial charge in [-0.25, -0.2) is 14.8 Å². The van der Waals surface area contributed by atoms with E-state index in [1.165, 1.54) is 29.4 Å². The summed E-state index contributed by atoms with van der Waals surface area (Å²) in [6.45, 7) is 2.35. The summed E-state index contributed by atoms with van der Waals surface area (Å²) in [6, 6.07) is 3.87. The highest BCUT2D eigenvalue weighted by Gasteiger charge is 2.38. The molecule has 34 heavy (non-hydrogen) atoms. The molecular formula is C22H22F3N5O4. The maximum atomic E-state index is 13.2. The van der Waals surface area contributed by atoms with Crippen LogP contribution in [0.3, 0.4) is 0 Å². The van der Waals surface area contributed by atoms with Gasteiger partial charge in [0.1, 0.15) is 5.75 Å². The molecule has 3 aromatic rings. The van der Waals surface area contributed by atoms with Gasteiger partial charge in [-0.05, 0) is 31.0 Å². The third-order valence-electron chi connectivity index (χ3n) is 5.36. The second-order valence-electron chi connectivity index (χ2n) is 7.68. The van der Waals surface area contributed by atoms with Gasteiger partial charge in [-0.3, -0.25) is 14.6 Å². The number of amides is 3. The van der Waals surface area contributed by atoms with Crippen LogP contribution in [0.4, 0.5) is 23.9 Å². The van der Waals surface area contributed by atoms with E-state index in [1.807, 2.05) is 6.92 Å². The first-order chi connectivity index (χ1) is 16.3.